The Kier molecular flexibility index (Phi) is 6.67. The van der Waals surface area contributed by atoms with E-state index >= 15 is 0 Å². The SMILES string of the molecule is CC(C)C[C@H](N)C(=O)N[C@@H](CCN)C(=O)O. The van der Waals surface area contributed by atoms with E-state index in [1.807, 2.05) is 13.8 Å². The van der Waals surface area contributed by atoms with Gasteiger partial charge in [0.15, 0.2) is 0 Å². The van der Waals surface area contributed by atoms with Crippen LogP contribution < -0.4 is 16.8 Å². The molecule has 0 spiro atoms. The van der Waals surface area contributed by atoms with Gasteiger partial charge in [0.25, 0.3) is 0 Å². The smallest absolute Gasteiger partial charge is 0.326 e. The number of hydrogen-bond donors (Lipinski definition) is 4. The van der Waals surface area contributed by atoms with E-state index in [1.54, 1.807) is 0 Å². The predicted octanol–water partition coefficient (Wildman–Crippen LogP) is -0.722. The molecule has 0 radical (unpaired) electrons. The van der Waals surface area contributed by atoms with Crippen molar-refractivity contribution >= 4 is 11.9 Å². The van der Waals surface area contributed by atoms with Crippen LogP contribution in [0, 0.1) is 5.92 Å². The van der Waals surface area contributed by atoms with Gasteiger partial charge in [-0.3, -0.25) is 4.79 Å². The van der Waals surface area contributed by atoms with Crippen molar-refractivity contribution in [3.05, 3.63) is 0 Å². The Morgan fingerprint density at radius 3 is 2.31 bits per heavy atom. The topological polar surface area (TPSA) is 118 Å². The minimum Gasteiger partial charge on any atom is -0.480 e. The van der Waals surface area contributed by atoms with Crippen molar-refractivity contribution in [1.29, 1.82) is 0 Å². The average molecular weight is 231 g/mol. The maximum absolute atomic E-state index is 11.5. The minimum absolute atomic E-state index is 0.204. The van der Waals surface area contributed by atoms with Crippen molar-refractivity contribution < 1.29 is 14.7 Å². The molecule has 0 unspecified atom stereocenters. The summed E-state index contributed by atoms with van der Waals surface area (Å²) in [5.41, 5.74) is 10.9. The van der Waals surface area contributed by atoms with Crippen LogP contribution in [0.4, 0.5) is 0 Å². The van der Waals surface area contributed by atoms with E-state index in [-0.39, 0.29) is 13.0 Å². The highest BCUT2D eigenvalue weighted by molar-refractivity contribution is 5.86. The highest BCUT2D eigenvalue weighted by Crippen LogP contribution is 2.03. The largest absolute Gasteiger partial charge is 0.480 e. The van der Waals surface area contributed by atoms with Crippen LogP contribution in [0.15, 0.2) is 0 Å². The van der Waals surface area contributed by atoms with E-state index < -0.39 is 24.0 Å². The molecule has 0 bridgehead atoms. The molecule has 0 aliphatic rings. The minimum atomic E-state index is -1.09. The fraction of sp³-hybridized carbons (Fsp3) is 0.800. The number of carboxylic acid groups (broad SMARTS) is 1. The van der Waals surface area contributed by atoms with Gasteiger partial charge in [0.2, 0.25) is 5.91 Å². The molecular formula is C10H21N3O3. The number of nitrogens with two attached hydrogens (primary N) is 2. The number of nitrogens with one attached hydrogen (secondary N) is 1. The van der Waals surface area contributed by atoms with Crippen LogP contribution >= 0.6 is 0 Å². The third kappa shape index (κ3) is 5.67. The third-order valence-corrected chi connectivity index (χ3v) is 2.13. The van der Waals surface area contributed by atoms with E-state index in [4.69, 9.17) is 16.6 Å². The van der Waals surface area contributed by atoms with Gasteiger partial charge < -0.3 is 21.9 Å². The lowest BCUT2D eigenvalue weighted by atomic mass is 10.0. The van der Waals surface area contributed by atoms with E-state index in [0.29, 0.717) is 12.3 Å². The van der Waals surface area contributed by atoms with Gasteiger partial charge in [-0.2, -0.15) is 0 Å². The Hall–Kier alpha value is -1.14. The van der Waals surface area contributed by atoms with Crippen LogP contribution in [-0.4, -0.2) is 35.6 Å². The molecule has 6 heteroatoms. The molecular weight excluding hydrogens is 210 g/mol. The highest BCUT2D eigenvalue weighted by atomic mass is 16.4. The first-order valence-corrected chi connectivity index (χ1v) is 5.37. The van der Waals surface area contributed by atoms with E-state index in [2.05, 4.69) is 5.32 Å². The summed E-state index contributed by atoms with van der Waals surface area (Å²) in [5, 5.41) is 11.2. The standard InChI is InChI=1S/C10H21N3O3/c1-6(2)5-7(12)9(14)13-8(3-4-11)10(15)16/h6-8H,3-5,11-12H2,1-2H3,(H,13,14)(H,15,16)/t7-,8-/m0/s1. The van der Waals surface area contributed by atoms with E-state index in [1.165, 1.54) is 0 Å². The highest BCUT2D eigenvalue weighted by Gasteiger charge is 2.22. The Bertz CT molecular complexity index is 243. The van der Waals surface area contributed by atoms with Gasteiger partial charge in [0.1, 0.15) is 6.04 Å². The van der Waals surface area contributed by atoms with Gasteiger partial charge in [-0.05, 0) is 25.3 Å². The summed E-state index contributed by atoms with van der Waals surface area (Å²) >= 11 is 0. The number of amides is 1. The van der Waals surface area contributed by atoms with Gasteiger partial charge in [-0.15, -0.1) is 0 Å². The fourth-order valence-electron chi connectivity index (χ4n) is 1.32. The first kappa shape index (κ1) is 14.9. The average Bonchev–Trinajstić information content (AvgIpc) is 2.15. The predicted molar refractivity (Wildman–Crippen MR) is 60.7 cm³/mol. The number of carboxylic acids is 1. The number of rotatable bonds is 7. The molecule has 0 aromatic heterocycles. The normalized spacial score (nSPS) is 14.6. The number of hydrogen-bond acceptors (Lipinski definition) is 4. The molecule has 0 rings (SSSR count). The van der Waals surface area contributed by atoms with Gasteiger partial charge in [0.05, 0.1) is 6.04 Å². The van der Waals surface area contributed by atoms with Crippen molar-refractivity contribution in [3.8, 4) is 0 Å². The van der Waals surface area contributed by atoms with Gasteiger partial charge >= 0.3 is 5.97 Å². The molecule has 6 N–H and O–H groups in total. The second kappa shape index (κ2) is 7.19. The summed E-state index contributed by atoms with van der Waals surface area (Å²) in [6.07, 6.45) is 0.732. The Balaban J connectivity index is 4.23. The van der Waals surface area contributed by atoms with Crippen molar-refractivity contribution in [2.75, 3.05) is 6.54 Å². The van der Waals surface area contributed by atoms with Crippen LogP contribution in [0.2, 0.25) is 0 Å². The first-order chi connectivity index (χ1) is 7.38. The molecule has 16 heavy (non-hydrogen) atoms. The van der Waals surface area contributed by atoms with Gasteiger partial charge in [0, 0.05) is 0 Å². The Morgan fingerprint density at radius 2 is 1.94 bits per heavy atom. The maximum Gasteiger partial charge on any atom is 0.326 e. The Morgan fingerprint density at radius 1 is 1.38 bits per heavy atom. The molecule has 0 aromatic rings. The molecule has 0 saturated carbocycles. The monoisotopic (exact) mass is 231 g/mol. The lowest BCUT2D eigenvalue weighted by Gasteiger charge is -2.18. The van der Waals surface area contributed by atoms with E-state index in [9.17, 15) is 9.59 Å². The molecule has 0 aliphatic carbocycles. The number of aliphatic carboxylic acids is 1. The second-order valence-electron chi connectivity index (χ2n) is 4.21. The molecule has 0 heterocycles. The zero-order valence-electron chi connectivity index (χ0n) is 9.77. The number of carbonyl (C=O) groups is 2. The summed E-state index contributed by atoms with van der Waals surface area (Å²) in [6, 6.07) is -1.62. The summed E-state index contributed by atoms with van der Waals surface area (Å²) < 4.78 is 0. The molecule has 2 atom stereocenters. The summed E-state index contributed by atoms with van der Waals surface area (Å²) in [7, 11) is 0. The van der Waals surface area contributed by atoms with Crippen LogP contribution in [-0.2, 0) is 9.59 Å². The van der Waals surface area contributed by atoms with Crippen molar-refractivity contribution in [2.24, 2.45) is 17.4 Å². The first-order valence-electron chi connectivity index (χ1n) is 5.37. The lowest BCUT2D eigenvalue weighted by molar-refractivity contribution is -0.142. The Labute approximate surface area is 95.4 Å². The van der Waals surface area contributed by atoms with Crippen molar-refractivity contribution in [2.45, 2.75) is 38.8 Å². The summed E-state index contributed by atoms with van der Waals surface area (Å²) in [6.45, 7) is 4.10. The van der Waals surface area contributed by atoms with Crippen LogP contribution in [0.5, 0.6) is 0 Å². The van der Waals surface area contributed by atoms with Crippen LogP contribution in [0.3, 0.4) is 0 Å². The molecule has 0 aliphatic heterocycles. The van der Waals surface area contributed by atoms with Gasteiger partial charge in [-0.1, -0.05) is 13.8 Å². The second-order valence-corrected chi connectivity index (χ2v) is 4.21. The third-order valence-electron chi connectivity index (χ3n) is 2.13. The number of carbonyl (C=O) groups excluding carboxylic acids is 1. The van der Waals surface area contributed by atoms with Crippen molar-refractivity contribution in [1.82, 2.24) is 5.32 Å². The zero-order chi connectivity index (χ0) is 12.7. The van der Waals surface area contributed by atoms with Crippen LogP contribution in [0.25, 0.3) is 0 Å². The molecule has 1 amide bonds. The molecule has 94 valence electrons. The fourth-order valence-corrected chi connectivity index (χ4v) is 1.32. The maximum atomic E-state index is 11.5. The van der Waals surface area contributed by atoms with Crippen LogP contribution in [0.1, 0.15) is 26.7 Å². The molecule has 0 fully saturated rings. The summed E-state index contributed by atoms with van der Waals surface area (Å²) in [4.78, 5) is 22.3. The summed E-state index contributed by atoms with van der Waals surface area (Å²) in [5.74, 6) is -1.23. The van der Waals surface area contributed by atoms with E-state index in [0.717, 1.165) is 0 Å². The molecule has 6 nitrogen and oxygen atoms in total. The quantitative estimate of drug-likeness (QED) is 0.461. The molecule has 0 saturated heterocycles. The van der Waals surface area contributed by atoms with Gasteiger partial charge in [-0.25, -0.2) is 4.79 Å². The zero-order valence-corrected chi connectivity index (χ0v) is 9.77. The molecule has 0 aromatic carbocycles. The van der Waals surface area contributed by atoms with Crippen molar-refractivity contribution in [3.63, 3.8) is 0 Å². The lowest BCUT2D eigenvalue weighted by Crippen LogP contribution is -2.49.